The van der Waals surface area contributed by atoms with E-state index in [1.54, 1.807) is 20.8 Å². The molecule has 0 radical (unpaired) electrons. The van der Waals surface area contributed by atoms with Crippen LogP contribution in [-0.2, 0) is 14.4 Å². The van der Waals surface area contributed by atoms with Crippen molar-refractivity contribution in [3.63, 3.8) is 0 Å². The molecular weight excluding hydrogens is 578 g/mol. The standard InChI is InChI=1S/C39H73NO6/c1-5-9-10-11-12-13-14-15-16-17-18-19-20-21-22-23-24-25-26-27-28-29-30-40(31-34(6-2)37(41)42,32-35(7-3)38(43)44)33-36(8-4)39(45)46/h29-30,34-36H,5-28,31-33H2,1-4H3,(H2-,41,42,43,44,45,46)/b30-29+. The van der Waals surface area contributed by atoms with E-state index < -0.39 is 35.7 Å². The Morgan fingerprint density at radius 1 is 0.522 bits per heavy atom. The molecule has 7 heteroatoms. The average Bonchev–Trinajstić information content (AvgIpc) is 3.03. The zero-order valence-corrected chi connectivity index (χ0v) is 30.5. The van der Waals surface area contributed by atoms with Crippen molar-refractivity contribution in [2.75, 3.05) is 19.6 Å². The lowest BCUT2D eigenvalue weighted by Crippen LogP contribution is -2.55. The van der Waals surface area contributed by atoms with E-state index in [-0.39, 0.29) is 24.1 Å². The number of nitrogens with zero attached hydrogens (tertiary/aromatic N) is 1. The van der Waals surface area contributed by atoms with E-state index in [2.05, 4.69) is 6.92 Å². The number of carbonyl (C=O) groups excluding carboxylic acids is 1. The number of quaternary nitrogens is 1. The topological polar surface area (TPSA) is 115 Å². The van der Waals surface area contributed by atoms with Gasteiger partial charge in [0.1, 0.15) is 11.8 Å². The minimum Gasteiger partial charge on any atom is -0.550 e. The Bertz CT molecular complexity index is 738. The Morgan fingerprint density at radius 3 is 1.11 bits per heavy atom. The summed E-state index contributed by atoms with van der Waals surface area (Å²) >= 11 is 0. The van der Waals surface area contributed by atoms with E-state index in [1.165, 1.54) is 116 Å². The first kappa shape index (κ1) is 44.1. The molecule has 0 aromatic heterocycles. The third-order valence-corrected chi connectivity index (χ3v) is 9.91. The van der Waals surface area contributed by atoms with Gasteiger partial charge >= 0.3 is 11.9 Å². The fourth-order valence-corrected chi connectivity index (χ4v) is 6.67. The molecule has 0 aliphatic rings. The van der Waals surface area contributed by atoms with Crippen molar-refractivity contribution in [1.82, 2.24) is 0 Å². The van der Waals surface area contributed by atoms with E-state index in [4.69, 9.17) is 0 Å². The van der Waals surface area contributed by atoms with Crippen LogP contribution in [0.15, 0.2) is 12.3 Å². The highest BCUT2D eigenvalue weighted by Crippen LogP contribution is 2.25. The number of hydrogen-bond acceptors (Lipinski definition) is 4. The molecule has 0 saturated carbocycles. The number of allylic oxidation sites excluding steroid dienone is 1. The maximum atomic E-state index is 12.0. The van der Waals surface area contributed by atoms with Crippen LogP contribution in [0.1, 0.15) is 182 Å². The molecule has 0 aromatic carbocycles. The fourth-order valence-electron chi connectivity index (χ4n) is 6.67. The molecule has 0 aliphatic carbocycles. The van der Waals surface area contributed by atoms with Crippen molar-refractivity contribution in [1.29, 1.82) is 0 Å². The number of aliphatic carboxylic acids is 3. The van der Waals surface area contributed by atoms with Crippen LogP contribution >= 0.6 is 0 Å². The van der Waals surface area contributed by atoms with Crippen molar-refractivity contribution >= 4 is 17.9 Å². The van der Waals surface area contributed by atoms with Crippen molar-refractivity contribution in [3.8, 4) is 0 Å². The molecule has 0 rings (SSSR count). The average molecular weight is 652 g/mol. The van der Waals surface area contributed by atoms with Gasteiger partial charge in [0.15, 0.2) is 0 Å². The van der Waals surface area contributed by atoms with Gasteiger partial charge in [0, 0.05) is 5.92 Å². The van der Waals surface area contributed by atoms with E-state index in [0.717, 1.165) is 19.3 Å². The zero-order chi connectivity index (χ0) is 34.5. The summed E-state index contributed by atoms with van der Waals surface area (Å²) in [6.45, 7) is 8.16. The highest BCUT2D eigenvalue weighted by Gasteiger charge is 2.38. The molecule has 0 fully saturated rings. The third-order valence-electron chi connectivity index (χ3n) is 9.91. The summed E-state index contributed by atoms with van der Waals surface area (Å²) in [5.41, 5.74) is 0. The number of unbranched alkanes of at least 4 members (excludes halogenated alkanes) is 20. The quantitative estimate of drug-likeness (QED) is 0.0529. The van der Waals surface area contributed by atoms with Crippen molar-refractivity contribution in [3.05, 3.63) is 12.3 Å². The molecule has 0 saturated heterocycles. The minimum atomic E-state index is -1.17. The Morgan fingerprint density at radius 2 is 0.826 bits per heavy atom. The van der Waals surface area contributed by atoms with E-state index in [0.29, 0.717) is 19.3 Å². The van der Waals surface area contributed by atoms with Crippen LogP contribution < -0.4 is 5.11 Å². The van der Waals surface area contributed by atoms with Gasteiger partial charge in [0.25, 0.3) is 0 Å². The Kier molecular flexibility index (Phi) is 28.1. The first-order valence-electron chi connectivity index (χ1n) is 19.4. The van der Waals surface area contributed by atoms with Crippen molar-refractivity contribution < 1.29 is 34.2 Å². The predicted octanol–water partition coefficient (Wildman–Crippen LogP) is 9.53. The summed E-state index contributed by atoms with van der Waals surface area (Å²) in [6, 6.07) is 0. The van der Waals surface area contributed by atoms with Crippen LogP contribution in [0, 0.1) is 17.8 Å². The summed E-state index contributed by atoms with van der Waals surface area (Å²) in [5.74, 6) is -5.18. The highest BCUT2D eigenvalue weighted by molar-refractivity contribution is 5.71. The summed E-state index contributed by atoms with van der Waals surface area (Å²) < 4.78 is 0.0430. The number of rotatable bonds is 34. The molecule has 3 unspecified atom stereocenters. The second kappa shape index (κ2) is 29.3. The van der Waals surface area contributed by atoms with Gasteiger partial charge in [-0.25, -0.2) is 0 Å². The highest BCUT2D eigenvalue weighted by atomic mass is 16.4. The maximum absolute atomic E-state index is 12.0. The SMILES string of the molecule is CCCCCCCCCCCCCCCCCCCCCC/C=C/[N+](CC(CC)C(=O)[O-])(CC(CC)C(=O)O)CC(CC)C(=O)O. The van der Waals surface area contributed by atoms with Crippen LogP contribution in [-0.4, -0.2) is 52.2 Å². The van der Waals surface area contributed by atoms with Gasteiger partial charge in [-0.1, -0.05) is 150 Å². The molecule has 0 aliphatic heterocycles. The number of carbonyl (C=O) groups is 3. The normalized spacial score (nSPS) is 15.0. The molecule has 0 spiro atoms. The largest absolute Gasteiger partial charge is 0.550 e. The molecule has 2 N–H and O–H groups in total. The first-order valence-corrected chi connectivity index (χ1v) is 19.4. The molecule has 3 atom stereocenters. The minimum absolute atomic E-state index is 0.0430. The predicted molar refractivity (Wildman–Crippen MR) is 188 cm³/mol. The lowest BCUT2D eigenvalue weighted by Gasteiger charge is -2.41. The van der Waals surface area contributed by atoms with Crippen molar-refractivity contribution in [2.24, 2.45) is 17.8 Å². The molecule has 0 aromatic rings. The Hall–Kier alpha value is -1.89. The summed E-state index contributed by atoms with van der Waals surface area (Å²) in [5, 5.41) is 31.5. The Balaban J connectivity index is 4.49. The van der Waals surface area contributed by atoms with Crippen LogP contribution in [0.3, 0.4) is 0 Å². The van der Waals surface area contributed by atoms with E-state index >= 15 is 0 Å². The number of carboxylic acids is 3. The molecular formula is C39H73NO6. The Labute approximate surface area is 283 Å². The smallest absolute Gasteiger partial charge is 0.312 e. The molecule has 0 bridgehead atoms. The number of carboxylic acid groups (broad SMARTS) is 3. The van der Waals surface area contributed by atoms with Crippen LogP contribution in [0.2, 0.25) is 0 Å². The summed E-state index contributed by atoms with van der Waals surface area (Å²) in [7, 11) is 0. The second-order valence-corrected chi connectivity index (χ2v) is 14.0. The first-order chi connectivity index (χ1) is 22.2. The monoisotopic (exact) mass is 652 g/mol. The van der Waals surface area contributed by atoms with Gasteiger partial charge in [0.2, 0.25) is 0 Å². The van der Waals surface area contributed by atoms with E-state index in [1.807, 2.05) is 12.3 Å². The number of hydrogen-bond donors (Lipinski definition) is 2. The fraction of sp³-hybridized carbons (Fsp3) is 0.872. The zero-order valence-electron chi connectivity index (χ0n) is 30.5. The van der Waals surface area contributed by atoms with Gasteiger partial charge < -0.3 is 20.1 Å². The van der Waals surface area contributed by atoms with Crippen molar-refractivity contribution in [2.45, 2.75) is 182 Å². The lowest BCUT2D eigenvalue weighted by molar-refractivity contribution is -0.887. The van der Waals surface area contributed by atoms with E-state index in [9.17, 15) is 29.7 Å². The molecule has 0 heterocycles. The summed E-state index contributed by atoms with van der Waals surface area (Å²) in [4.78, 5) is 35.8. The van der Waals surface area contributed by atoms with Gasteiger partial charge in [0.05, 0.1) is 31.8 Å². The van der Waals surface area contributed by atoms with Crippen LogP contribution in [0.5, 0.6) is 0 Å². The molecule has 0 amide bonds. The maximum Gasteiger partial charge on any atom is 0.312 e. The molecule has 46 heavy (non-hydrogen) atoms. The second-order valence-electron chi connectivity index (χ2n) is 14.0. The van der Waals surface area contributed by atoms with Gasteiger partial charge in [-0.05, 0) is 38.2 Å². The molecule has 270 valence electrons. The van der Waals surface area contributed by atoms with Gasteiger partial charge in [-0.15, -0.1) is 0 Å². The lowest BCUT2D eigenvalue weighted by atomic mass is 9.96. The third kappa shape index (κ3) is 22.6. The van der Waals surface area contributed by atoms with Gasteiger partial charge in [-0.3, -0.25) is 14.1 Å². The van der Waals surface area contributed by atoms with Crippen LogP contribution in [0.4, 0.5) is 0 Å². The molecule has 7 nitrogen and oxygen atoms in total. The van der Waals surface area contributed by atoms with Crippen LogP contribution in [0.25, 0.3) is 0 Å². The summed E-state index contributed by atoms with van der Waals surface area (Å²) in [6.07, 6.45) is 32.6. The van der Waals surface area contributed by atoms with Gasteiger partial charge in [-0.2, -0.15) is 0 Å².